The third kappa shape index (κ3) is 2.82. The van der Waals surface area contributed by atoms with Crippen molar-refractivity contribution in [2.24, 2.45) is 16.7 Å². The van der Waals surface area contributed by atoms with Crippen LogP contribution in [0.2, 0.25) is 0 Å². The predicted octanol–water partition coefficient (Wildman–Crippen LogP) is 3.57. The summed E-state index contributed by atoms with van der Waals surface area (Å²) in [7, 11) is 0. The van der Waals surface area contributed by atoms with Crippen LogP contribution in [0, 0.1) is 16.7 Å². The summed E-state index contributed by atoms with van der Waals surface area (Å²) >= 11 is 0. The number of carboxylic acids is 1. The number of hydrogen-bond acceptors (Lipinski definition) is 3. The molecule has 1 atom stereocenters. The molecule has 0 aromatic heterocycles. The van der Waals surface area contributed by atoms with E-state index >= 15 is 0 Å². The van der Waals surface area contributed by atoms with Gasteiger partial charge in [0.25, 0.3) is 0 Å². The van der Waals surface area contributed by atoms with E-state index in [1.54, 1.807) is 20.8 Å². The van der Waals surface area contributed by atoms with Crippen LogP contribution in [-0.4, -0.2) is 28.8 Å². The average Bonchev–Trinajstić information content (AvgIpc) is 2.26. The van der Waals surface area contributed by atoms with Gasteiger partial charge in [-0.3, -0.25) is 0 Å². The maximum Gasteiger partial charge on any atom is 0.408 e. The number of aliphatic carboxylic acids is 1. The van der Waals surface area contributed by atoms with Crippen LogP contribution in [0.15, 0.2) is 0 Å². The number of carbonyl (C=O) groups excluding carboxylic acids is 1. The van der Waals surface area contributed by atoms with Crippen molar-refractivity contribution in [3.8, 4) is 0 Å². The van der Waals surface area contributed by atoms with Gasteiger partial charge < -0.3 is 15.2 Å². The van der Waals surface area contributed by atoms with Crippen molar-refractivity contribution >= 4 is 12.1 Å². The molecule has 1 amide bonds. The fraction of sp³-hybridized carbons (Fsp3) is 0.882. The monoisotopic (exact) mass is 311 g/mol. The molecule has 3 rings (SSSR count). The molecule has 0 aliphatic heterocycles. The van der Waals surface area contributed by atoms with Crippen molar-refractivity contribution in [1.82, 2.24) is 5.32 Å². The summed E-state index contributed by atoms with van der Waals surface area (Å²) < 4.78 is 5.20. The molecule has 2 bridgehead atoms. The normalized spacial score (nSPS) is 31.0. The average molecular weight is 311 g/mol. The molecule has 0 saturated heterocycles. The number of alkyl carbamates (subject to hydrolysis) is 1. The molecule has 0 heterocycles. The number of rotatable bonds is 6. The molecule has 3 aliphatic carbocycles. The lowest BCUT2D eigenvalue weighted by atomic mass is 9.30. The maximum atomic E-state index is 11.9. The van der Waals surface area contributed by atoms with E-state index < -0.39 is 23.7 Å². The predicted molar refractivity (Wildman–Crippen MR) is 83.6 cm³/mol. The first kappa shape index (κ1) is 17.1. The molecule has 1 unspecified atom stereocenters. The smallest absolute Gasteiger partial charge is 0.408 e. The Kier molecular flexibility index (Phi) is 4.22. The minimum atomic E-state index is -0.955. The van der Waals surface area contributed by atoms with Gasteiger partial charge in [0.2, 0.25) is 0 Å². The Balaban J connectivity index is 1.99. The standard InChI is InChI=1S/C17H29NO4/c1-6-11(7-2)16-8-17(9-16,10-16)12(13(19)20)18-14(21)22-15(3,4)5/h11-12H,6-10H2,1-5H3,(H,18,21)(H,19,20). The molecule has 0 aromatic carbocycles. The van der Waals surface area contributed by atoms with E-state index in [1.165, 1.54) is 0 Å². The van der Waals surface area contributed by atoms with Crippen LogP contribution >= 0.6 is 0 Å². The highest BCUT2D eigenvalue weighted by molar-refractivity contribution is 5.81. The molecular weight excluding hydrogens is 282 g/mol. The molecular formula is C17H29NO4. The number of carbonyl (C=O) groups is 2. The van der Waals surface area contributed by atoms with Gasteiger partial charge >= 0.3 is 12.1 Å². The quantitative estimate of drug-likeness (QED) is 0.786. The molecule has 126 valence electrons. The second kappa shape index (κ2) is 5.43. The van der Waals surface area contributed by atoms with Crippen molar-refractivity contribution in [2.75, 3.05) is 0 Å². The van der Waals surface area contributed by atoms with E-state index in [9.17, 15) is 14.7 Å². The third-order valence-electron chi connectivity index (χ3n) is 5.48. The summed E-state index contributed by atoms with van der Waals surface area (Å²) in [4.78, 5) is 23.5. The lowest BCUT2D eigenvalue weighted by Gasteiger charge is -2.75. The van der Waals surface area contributed by atoms with Crippen LogP contribution < -0.4 is 5.32 Å². The molecule has 3 fully saturated rings. The van der Waals surface area contributed by atoms with Gasteiger partial charge in [-0.15, -0.1) is 0 Å². The Morgan fingerprint density at radius 1 is 1.14 bits per heavy atom. The van der Waals surface area contributed by atoms with Crippen LogP contribution in [0.1, 0.15) is 66.7 Å². The fourth-order valence-corrected chi connectivity index (χ4v) is 4.74. The Labute approximate surface area is 132 Å². The SMILES string of the molecule is CCC(CC)C12CC(C(NC(=O)OC(C)(C)C)C(=O)O)(C1)C2. The molecule has 3 aliphatic rings. The number of carboxylic acid groups (broad SMARTS) is 1. The number of amides is 1. The van der Waals surface area contributed by atoms with Gasteiger partial charge in [0.05, 0.1) is 0 Å². The van der Waals surface area contributed by atoms with Crippen molar-refractivity contribution in [3.05, 3.63) is 0 Å². The van der Waals surface area contributed by atoms with E-state index in [2.05, 4.69) is 19.2 Å². The topological polar surface area (TPSA) is 75.6 Å². The second-order valence-electron chi connectivity index (χ2n) is 8.19. The Hall–Kier alpha value is -1.26. The maximum absolute atomic E-state index is 11.9. The minimum Gasteiger partial charge on any atom is -0.480 e. The van der Waals surface area contributed by atoms with Crippen molar-refractivity contribution in [1.29, 1.82) is 0 Å². The van der Waals surface area contributed by atoms with E-state index in [-0.39, 0.29) is 5.41 Å². The zero-order valence-electron chi connectivity index (χ0n) is 14.4. The van der Waals surface area contributed by atoms with Gasteiger partial charge in [0, 0.05) is 5.41 Å². The van der Waals surface area contributed by atoms with Gasteiger partial charge in [0.15, 0.2) is 0 Å². The second-order valence-corrected chi connectivity index (χ2v) is 8.19. The zero-order chi connectivity index (χ0) is 16.8. The van der Waals surface area contributed by atoms with Gasteiger partial charge in [0.1, 0.15) is 11.6 Å². The molecule has 0 radical (unpaired) electrons. The van der Waals surface area contributed by atoms with Crippen LogP contribution in [0.3, 0.4) is 0 Å². The van der Waals surface area contributed by atoms with E-state index in [1.807, 2.05) is 0 Å². The summed E-state index contributed by atoms with van der Waals surface area (Å²) in [5.74, 6) is -0.283. The van der Waals surface area contributed by atoms with Crippen LogP contribution in [0.5, 0.6) is 0 Å². The number of nitrogens with one attached hydrogen (secondary N) is 1. The van der Waals surface area contributed by atoms with Crippen molar-refractivity contribution < 1.29 is 19.4 Å². The van der Waals surface area contributed by atoms with E-state index in [4.69, 9.17) is 4.74 Å². The lowest BCUT2D eigenvalue weighted by molar-refractivity contribution is -0.252. The molecule has 3 saturated carbocycles. The van der Waals surface area contributed by atoms with Crippen LogP contribution in [0.25, 0.3) is 0 Å². The lowest BCUT2D eigenvalue weighted by Crippen LogP contribution is -2.73. The summed E-state index contributed by atoms with van der Waals surface area (Å²) in [5, 5.41) is 12.1. The first-order valence-corrected chi connectivity index (χ1v) is 8.30. The fourth-order valence-electron chi connectivity index (χ4n) is 4.74. The zero-order valence-corrected chi connectivity index (χ0v) is 14.4. The molecule has 5 nitrogen and oxygen atoms in total. The summed E-state index contributed by atoms with van der Waals surface area (Å²) in [5.41, 5.74) is -0.554. The number of ether oxygens (including phenoxy) is 1. The summed E-state index contributed by atoms with van der Waals surface area (Å²) in [6.07, 6.45) is 4.39. The third-order valence-corrected chi connectivity index (χ3v) is 5.48. The molecule has 5 heteroatoms. The summed E-state index contributed by atoms with van der Waals surface area (Å²) in [6, 6.07) is -0.835. The molecule has 0 aromatic rings. The first-order chi connectivity index (χ1) is 10.1. The van der Waals surface area contributed by atoms with Gasteiger partial charge in [-0.25, -0.2) is 9.59 Å². The Morgan fingerprint density at radius 2 is 1.64 bits per heavy atom. The highest BCUT2D eigenvalue weighted by atomic mass is 16.6. The van der Waals surface area contributed by atoms with Crippen LogP contribution in [0.4, 0.5) is 4.79 Å². The largest absolute Gasteiger partial charge is 0.480 e. The Morgan fingerprint density at radius 3 is 2.00 bits per heavy atom. The molecule has 0 spiro atoms. The van der Waals surface area contributed by atoms with Gasteiger partial charge in [-0.2, -0.15) is 0 Å². The van der Waals surface area contributed by atoms with E-state index in [0.29, 0.717) is 11.3 Å². The van der Waals surface area contributed by atoms with Gasteiger partial charge in [-0.1, -0.05) is 26.7 Å². The van der Waals surface area contributed by atoms with Crippen molar-refractivity contribution in [3.63, 3.8) is 0 Å². The van der Waals surface area contributed by atoms with Crippen LogP contribution in [-0.2, 0) is 9.53 Å². The number of hydrogen-bond donors (Lipinski definition) is 2. The van der Waals surface area contributed by atoms with E-state index in [0.717, 1.165) is 32.1 Å². The van der Waals surface area contributed by atoms with Gasteiger partial charge in [-0.05, 0) is 51.4 Å². The Bertz CT molecular complexity index is 442. The highest BCUT2D eigenvalue weighted by Gasteiger charge is 2.73. The minimum absolute atomic E-state index is 0.259. The highest BCUT2D eigenvalue weighted by Crippen LogP contribution is 2.78. The van der Waals surface area contributed by atoms with Crippen molar-refractivity contribution in [2.45, 2.75) is 78.4 Å². The summed E-state index contributed by atoms with van der Waals surface area (Å²) in [6.45, 7) is 9.71. The first-order valence-electron chi connectivity index (χ1n) is 8.30. The molecule has 22 heavy (non-hydrogen) atoms. The molecule has 2 N–H and O–H groups in total.